The first-order valence-corrected chi connectivity index (χ1v) is 0.791. The molecule has 0 amide bonds. The number of halogens is 4. The Bertz CT molecular complexity index is 33.2. The molecule has 1 nitrogen and oxygen atoms in total. The average Bonchev–Trinajstić information content (AvgIpc) is 0.918. The van der Waals surface area contributed by atoms with Gasteiger partial charge in [0.1, 0.15) is 0 Å². The quantitative estimate of drug-likeness (QED) is 0.352. The van der Waals surface area contributed by atoms with Crippen LogP contribution in [-0.2, 0) is 0 Å². The molecular weight excluding hydrogens is 195 g/mol. The van der Waals surface area contributed by atoms with E-state index in [0.29, 0.717) is 0 Å². The van der Waals surface area contributed by atoms with Crippen LogP contribution in [0, 0.1) is 10.8 Å². The molecule has 0 aliphatic heterocycles. The van der Waals surface area contributed by atoms with Gasteiger partial charge in [-0.3, -0.25) is 0 Å². The topological polar surface area (TPSA) is 23.8 Å². The largest absolute Gasteiger partial charge is 3.00 e. The van der Waals surface area contributed by atoms with Crippen molar-refractivity contribution in [3.05, 3.63) is 0 Å². The molecule has 0 bridgehead atoms. The van der Waals surface area contributed by atoms with Crippen LogP contribution in [0.25, 0.3) is 0 Å². The number of nitrogens with zero attached hydrogens (tertiary/aromatic N) is 1. The van der Waals surface area contributed by atoms with E-state index in [2.05, 4.69) is 11.6 Å². The van der Waals surface area contributed by atoms with Crippen LogP contribution in [0.15, 0.2) is 0 Å². The molecule has 6 heteroatoms. The van der Waals surface area contributed by atoms with E-state index in [1.54, 1.807) is 0 Å². The normalized spacial score (nSPS) is 1.14. The minimum absolute atomic E-state index is 0. The Balaban J connectivity index is -0.00000000333. The Morgan fingerprint density at radius 1 is 1.14 bits per heavy atom. The van der Waals surface area contributed by atoms with Crippen molar-refractivity contribution in [2.75, 3.05) is 0 Å². The van der Waals surface area contributed by atoms with E-state index in [0.717, 1.165) is 0 Å². The van der Waals surface area contributed by atoms with E-state index in [-0.39, 0.29) is 54.6 Å². The van der Waals surface area contributed by atoms with Gasteiger partial charge < -0.3 is 37.2 Å². The second-order valence-corrected chi connectivity index (χ2v) is 0.254. The van der Waals surface area contributed by atoms with Crippen LogP contribution >= 0.6 is 11.6 Å². The van der Waals surface area contributed by atoms with Crippen molar-refractivity contribution >= 4 is 29.0 Å². The summed E-state index contributed by atoms with van der Waals surface area (Å²) in [6.45, 7) is 0. The van der Waals surface area contributed by atoms with Gasteiger partial charge in [-0.1, -0.05) is 0 Å². The van der Waals surface area contributed by atoms with Crippen molar-refractivity contribution in [3.63, 3.8) is 0 Å². The Morgan fingerprint density at radius 2 is 1.14 bits per heavy atom. The zero-order valence-electron chi connectivity index (χ0n) is 3.04. The van der Waals surface area contributed by atoms with Crippen LogP contribution in [0.1, 0.15) is 0 Å². The van der Waals surface area contributed by atoms with Crippen LogP contribution in [-0.4, -0.2) is 17.4 Å². The van der Waals surface area contributed by atoms with Gasteiger partial charge >= 0.3 is 17.4 Å². The Labute approximate surface area is 76.8 Å². The van der Waals surface area contributed by atoms with Gasteiger partial charge in [-0.25, -0.2) is 0 Å². The maximum atomic E-state index is 7.08. The summed E-state index contributed by atoms with van der Waals surface area (Å²) in [7, 11) is 0. The molecule has 0 radical (unpaired) electrons. The summed E-state index contributed by atoms with van der Waals surface area (Å²) in [6.07, 6.45) is 0. The Kier molecular flexibility index (Phi) is 343. The summed E-state index contributed by atoms with van der Waals surface area (Å²) in [4.78, 5) is 0. The van der Waals surface area contributed by atoms with Gasteiger partial charge in [-0.15, -0.1) is 0 Å². The second kappa shape index (κ2) is 57.6. The van der Waals surface area contributed by atoms with E-state index in [1.807, 2.05) is 0 Å². The summed E-state index contributed by atoms with van der Waals surface area (Å²) in [5, 5.41) is 7.08. The van der Waals surface area contributed by atoms with Gasteiger partial charge in [0.2, 0.25) is 0 Å². The van der Waals surface area contributed by atoms with Gasteiger partial charge in [-0.2, -0.15) is 5.26 Å². The molecule has 0 aromatic heterocycles. The fraction of sp³-hybridized carbons (Fsp3) is 0. The van der Waals surface area contributed by atoms with Gasteiger partial charge in [0, 0.05) is 11.6 Å². The van der Waals surface area contributed by atoms with Crippen molar-refractivity contribution in [1.29, 1.82) is 5.26 Å². The molecule has 0 aromatic rings. The van der Waals surface area contributed by atoms with Crippen molar-refractivity contribution in [2.45, 2.75) is 0 Å². The van der Waals surface area contributed by atoms with Gasteiger partial charge in [0.15, 0.2) is 5.53 Å². The molecule has 7 heavy (non-hydrogen) atoms. The molecule has 0 saturated carbocycles. The van der Waals surface area contributed by atoms with E-state index in [4.69, 9.17) is 5.26 Å². The number of hydrogen-bond donors (Lipinski definition) is 0. The molecule has 0 aromatic carbocycles. The van der Waals surface area contributed by atoms with Crippen LogP contribution < -0.4 is 37.2 Å². The summed E-state index contributed by atoms with van der Waals surface area (Å²) in [5.41, 5.74) is 1.22. The minimum Gasteiger partial charge on any atom is -1.00 e. The first-order valence-electron chi connectivity index (χ1n) is 0.413. The summed E-state index contributed by atoms with van der Waals surface area (Å²) in [5.74, 6) is 0. The van der Waals surface area contributed by atoms with Crippen molar-refractivity contribution < 1.29 is 37.2 Å². The van der Waals surface area contributed by atoms with E-state index in [9.17, 15) is 0 Å². The molecule has 0 saturated heterocycles. The SMILES string of the molecule is N#CCl.[Al+3].[Cl-].[Cl-].[Cl-]. The zero-order chi connectivity index (χ0) is 2.71. The second-order valence-electron chi connectivity index (χ2n) is 0.0845. The van der Waals surface area contributed by atoms with E-state index in [1.165, 1.54) is 5.53 Å². The maximum absolute atomic E-state index is 7.08. The zero-order valence-corrected chi connectivity index (χ0v) is 7.21. The number of hydrogen-bond acceptors (Lipinski definition) is 1. The van der Waals surface area contributed by atoms with Gasteiger partial charge in [0.05, 0.1) is 0 Å². The summed E-state index contributed by atoms with van der Waals surface area (Å²) < 4.78 is 0. The average molecular weight is 195 g/mol. The first kappa shape index (κ1) is 41.7. The molecule has 0 spiro atoms. The third-order valence-electron chi connectivity index (χ3n) is 0. The predicted octanol–water partition coefficient (Wildman–Crippen LogP) is -8.66. The third-order valence-corrected chi connectivity index (χ3v) is 0. The standard InChI is InChI=1S/CClN.Al.3ClH/c2-1-3;;;;/h;;3*1H/q;+3;;;/p-3. The fourth-order valence-corrected chi connectivity index (χ4v) is 0. The van der Waals surface area contributed by atoms with Gasteiger partial charge in [-0.05, 0) is 0 Å². The Morgan fingerprint density at radius 3 is 1.14 bits per heavy atom. The van der Waals surface area contributed by atoms with Crippen LogP contribution in [0.3, 0.4) is 0 Å². The fourth-order valence-electron chi connectivity index (χ4n) is 0. The van der Waals surface area contributed by atoms with Crippen LogP contribution in [0.5, 0.6) is 0 Å². The molecule has 40 valence electrons. The molecular formula is CAlCl4N. The number of rotatable bonds is 0. The third kappa shape index (κ3) is 138. The molecule has 0 rings (SSSR count). The molecule has 0 aliphatic carbocycles. The molecule has 0 N–H and O–H groups in total. The summed E-state index contributed by atoms with van der Waals surface area (Å²) >= 11 is 4.30. The molecule has 0 heterocycles. The summed E-state index contributed by atoms with van der Waals surface area (Å²) in [6, 6.07) is 0. The van der Waals surface area contributed by atoms with Gasteiger partial charge in [0.25, 0.3) is 0 Å². The van der Waals surface area contributed by atoms with Crippen molar-refractivity contribution in [3.8, 4) is 5.53 Å². The van der Waals surface area contributed by atoms with Crippen molar-refractivity contribution in [1.82, 2.24) is 0 Å². The van der Waals surface area contributed by atoms with Crippen molar-refractivity contribution in [2.24, 2.45) is 0 Å². The molecule has 0 aliphatic rings. The smallest absolute Gasteiger partial charge is 1.00 e. The van der Waals surface area contributed by atoms with E-state index >= 15 is 0 Å². The Hall–Kier alpha value is 1.18. The van der Waals surface area contributed by atoms with E-state index < -0.39 is 0 Å². The monoisotopic (exact) mass is 193 g/mol. The predicted molar refractivity (Wildman–Crippen MR) is 17.2 cm³/mol. The first-order chi connectivity index (χ1) is 1.41. The van der Waals surface area contributed by atoms with Crippen LogP contribution in [0.4, 0.5) is 0 Å². The maximum Gasteiger partial charge on any atom is 3.00 e. The number of nitriles is 1. The minimum atomic E-state index is 0. The molecule has 0 unspecified atom stereocenters. The molecule has 0 fully saturated rings. The van der Waals surface area contributed by atoms with Crippen LogP contribution in [0.2, 0.25) is 0 Å². The molecule has 0 atom stereocenters.